The SMILES string of the molecule is CSc1cccc(NCCC2CCCC2)c1C(=O)O. The first-order valence-corrected chi connectivity index (χ1v) is 8.09. The van der Waals surface area contributed by atoms with Gasteiger partial charge in [-0.25, -0.2) is 4.79 Å². The molecule has 1 saturated carbocycles. The van der Waals surface area contributed by atoms with Gasteiger partial charge in [0.05, 0.1) is 5.56 Å². The molecule has 19 heavy (non-hydrogen) atoms. The third-order valence-corrected chi connectivity index (χ3v) is 4.58. The molecule has 1 aromatic carbocycles. The van der Waals surface area contributed by atoms with E-state index >= 15 is 0 Å². The van der Waals surface area contributed by atoms with Crippen molar-refractivity contribution in [1.82, 2.24) is 0 Å². The molecular weight excluding hydrogens is 258 g/mol. The molecule has 0 spiro atoms. The quantitative estimate of drug-likeness (QED) is 0.770. The van der Waals surface area contributed by atoms with Gasteiger partial charge in [-0.2, -0.15) is 0 Å². The number of hydrogen-bond acceptors (Lipinski definition) is 3. The van der Waals surface area contributed by atoms with Crippen molar-refractivity contribution in [2.24, 2.45) is 5.92 Å². The third kappa shape index (κ3) is 3.66. The van der Waals surface area contributed by atoms with Gasteiger partial charge in [0.15, 0.2) is 0 Å². The van der Waals surface area contributed by atoms with Crippen LogP contribution < -0.4 is 5.32 Å². The fourth-order valence-electron chi connectivity index (χ4n) is 2.78. The van der Waals surface area contributed by atoms with Gasteiger partial charge in [0.25, 0.3) is 0 Å². The van der Waals surface area contributed by atoms with Gasteiger partial charge in [-0.3, -0.25) is 0 Å². The van der Waals surface area contributed by atoms with E-state index in [1.165, 1.54) is 37.4 Å². The second kappa shape index (κ2) is 6.85. The maximum Gasteiger partial charge on any atom is 0.338 e. The van der Waals surface area contributed by atoms with Crippen molar-refractivity contribution in [1.29, 1.82) is 0 Å². The first-order valence-electron chi connectivity index (χ1n) is 6.86. The highest BCUT2D eigenvalue weighted by atomic mass is 32.2. The molecule has 0 atom stereocenters. The van der Waals surface area contributed by atoms with Gasteiger partial charge < -0.3 is 10.4 Å². The van der Waals surface area contributed by atoms with Crippen LogP contribution in [-0.4, -0.2) is 23.9 Å². The highest BCUT2D eigenvalue weighted by molar-refractivity contribution is 7.98. The number of hydrogen-bond donors (Lipinski definition) is 2. The Balaban J connectivity index is 2.00. The lowest BCUT2D eigenvalue weighted by atomic mass is 10.0. The Morgan fingerprint density at radius 2 is 2.16 bits per heavy atom. The zero-order valence-corrected chi connectivity index (χ0v) is 12.1. The Kier molecular flexibility index (Phi) is 5.14. The molecule has 2 rings (SSSR count). The van der Waals surface area contributed by atoms with E-state index < -0.39 is 5.97 Å². The molecule has 3 nitrogen and oxygen atoms in total. The Hall–Kier alpha value is -1.16. The number of anilines is 1. The fourth-order valence-corrected chi connectivity index (χ4v) is 3.40. The predicted octanol–water partition coefficient (Wildman–Crippen LogP) is 4.10. The fraction of sp³-hybridized carbons (Fsp3) is 0.533. The molecule has 2 N–H and O–H groups in total. The first kappa shape index (κ1) is 14.3. The topological polar surface area (TPSA) is 49.3 Å². The predicted molar refractivity (Wildman–Crippen MR) is 80.2 cm³/mol. The molecule has 0 aromatic heterocycles. The summed E-state index contributed by atoms with van der Waals surface area (Å²) < 4.78 is 0. The van der Waals surface area contributed by atoms with Crippen LogP contribution in [0.4, 0.5) is 5.69 Å². The van der Waals surface area contributed by atoms with Crippen LogP contribution in [0.2, 0.25) is 0 Å². The van der Waals surface area contributed by atoms with E-state index in [1.807, 2.05) is 24.5 Å². The summed E-state index contributed by atoms with van der Waals surface area (Å²) >= 11 is 1.48. The molecule has 0 unspecified atom stereocenters. The van der Waals surface area contributed by atoms with Crippen molar-refractivity contribution >= 4 is 23.4 Å². The number of benzene rings is 1. The second-order valence-electron chi connectivity index (χ2n) is 5.05. The Morgan fingerprint density at radius 1 is 1.42 bits per heavy atom. The molecule has 1 aliphatic carbocycles. The van der Waals surface area contributed by atoms with Crippen LogP contribution in [0.25, 0.3) is 0 Å². The summed E-state index contributed by atoms with van der Waals surface area (Å²) in [5, 5.41) is 12.6. The number of nitrogens with one attached hydrogen (secondary N) is 1. The van der Waals surface area contributed by atoms with Gasteiger partial charge in [-0.05, 0) is 30.7 Å². The van der Waals surface area contributed by atoms with Gasteiger partial charge in [0.1, 0.15) is 0 Å². The summed E-state index contributed by atoms with van der Waals surface area (Å²) in [6.07, 6.45) is 8.42. The highest BCUT2D eigenvalue weighted by Gasteiger charge is 2.17. The average molecular weight is 279 g/mol. The molecule has 104 valence electrons. The van der Waals surface area contributed by atoms with Gasteiger partial charge in [-0.15, -0.1) is 11.8 Å². The second-order valence-corrected chi connectivity index (χ2v) is 5.90. The summed E-state index contributed by atoms with van der Waals surface area (Å²) in [6, 6.07) is 5.63. The molecule has 0 aliphatic heterocycles. The number of thioether (sulfide) groups is 1. The van der Waals surface area contributed by atoms with E-state index in [1.54, 1.807) is 0 Å². The van der Waals surface area contributed by atoms with E-state index in [0.717, 1.165) is 29.5 Å². The number of aromatic carboxylic acids is 1. The Labute approximate surface area is 118 Å². The van der Waals surface area contributed by atoms with Crippen molar-refractivity contribution in [2.45, 2.75) is 37.0 Å². The van der Waals surface area contributed by atoms with E-state index in [2.05, 4.69) is 5.32 Å². The summed E-state index contributed by atoms with van der Waals surface area (Å²) in [6.45, 7) is 0.864. The monoisotopic (exact) mass is 279 g/mol. The Morgan fingerprint density at radius 3 is 2.79 bits per heavy atom. The average Bonchev–Trinajstić information content (AvgIpc) is 2.91. The normalized spacial score (nSPS) is 15.6. The molecule has 0 radical (unpaired) electrons. The molecule has 4 heteroatoms. The van der Waals surface area contributed by atoms with Crippen LogP contribution >= 0.6 is 11.8 Å². The minimum Gasteiger partial charge on any atom is -0.478 e. The minimum absolute atomic E-state index is 0.404. The van der Waals surface area contributed by atoms with E-state index in [-0.39, 0.29) is 0 Å². The van der Waals surface area contributed by atoms with E-state index in [9.17, 15) is 9.90 Å². The van der Waals surface area contributed by atoms with Gasteiger partial charge in [-0.1, -0.05) is 31.7 Å². The molecule has 0 heterocycles. The maximum atomic E-state index is 11.4. The summed E-state index contributed by atoms with van der Waals surface area (Å²) in [7, 11) is 0. The minimum atomic E-state index is -0.853. The van der Waals surface area contributed by atoms with E-state index in [0.29, 0.717) is 5.56 Å². The first-order chi connectivity index (χ1) is 9.22. The number of carboxylic acids is 1. The standard InChI is InChI=1S/C15H21NO2S/c1-19-13-8-4-7-12(14(13)15(17)18)16-10-9-11-5-2-3-6-11/h4,7-8,11,16H,2-3,5-6,9-10H2,1H3,(H,17,18). The van der Waals surface area contributed by atoms with Gasteiger partial charge >= 0.3 is 5.97 Å². The van der Waals surface area contributed by atoms with Gasteiger partial charge in [0.2, 0.25) is 0 Å². The third-order valence-electron chi connectivity index (χ3n) is 3.80. The zero-order chi connectivity index (χ0) is 13.7. The summed E-state index contributed by atoms with van der Waals surface area (Å²) in [4.78, 5) is 12.2. The van der Waals surface area contributed by atoms with Crippen molar-refractivity contribution in [3.8, 4) is 0 Å². The number of carbonyl (C=O) groups is 1. The summed E-state index contributed by atoms with van der Waals surface area (Å²) in [5.74, 6) is -0.0298. The van der Waals surface area contributed by atoms with Crippen molar-refractivity contribution < 1.29 is 9.90 Å². The number of rotatable bonds is 6. The molecule has 0 amide bonds. The summed E-state index contributed by atoms with van der Waals surface area (Å²) in [5.41, 5.74) is 1.15. The largest absolute Gasteiger partial charge is 0.478 e. The van der Waals surface area contributed by atoms with Crippen molar-refractivity contribution in [2.75, 3.05) is 18.1 Å². The smallest absolute Gasteiger partial charge is 0.338 e. The van der Waals surface area contributed by atoms with Crippen LogP contribution in [0.5, 0.6) is 0 Å². The lowest BCUT2D eigenvalue weighted by molar-refractivity contribution is 0.0694. The molecule has 1 aliphatic rings. The van der Waals surface area contributed by atoms with Crippen LogP contribution in [0.1, 0.15) is 42.5 Å². The lowest BCUT2D eigenvalue weighted by Crippen LogP contribution is -2.11. The van der Waals surface area contributed by atoms with Crippen molar-refractivity contribution in [3.63, 3.8) is 0 Å². The Bertz CT molecular complexity index is 442. The van der Waals surface area contributed by atoms with E-state index in [4.69, 9.17) is 0 Å². The molecule has 1 aromatic rings. The van der Waals surface area contributed by atoms with Gasteiger partial charge in [0, 0.05) is 17.1 Å². The number of carboxylic acid groups (broad SMARTS) is 1. The lowest BCUT2D eigenvalue weighted by Gasteiger charge is -2.14. The molecule has 0 saturated heterocycles. The van der Waals surface area contributed by atoms with Crippen LogP contribution in [0, 0.1) is 5.92 Å². The van der Waals surface area contributed by atoms with Crippen molar-refractivity contribution in [3.05, 3.63) is 23.8 Å². The molecular formula is C15H21NO2S. The molecule has 1 fully saturated rings. The maximum absolute atomic E-state index is 11.4. The zero-order valence-electron chi connectivity index (χ0n) is 11.3. The van der Waals surface area contributed by atoms with Crippen LogP contribution in [0.3, 0.4) is 0 Å². The van der Waals surface area contributed by atoms with Crippen LogP contribution in [-0.2, 0) is 0 Å². The molecule has 0 bridgehead atoms. The van der Waals surface area contributed by atoms with Crippen LogP contribution in [0.15, 0.2) is 23.1 Å². The highest BCUT2D eigenvalue weighted by Crippen LogP contribution is 2.29.